The van der Waals surface area contributed by atoms with Crippen molar-refractivity contribution in [3.63, 3.8) is 0 Å². The third-order valence-corrected chi connectivity index (χ3v) is 4.12. The van der Waals surface area contributed by atoms with Crippen molar-refractivity contribution in [2.24, 2.45) is 5.92 Å². The Balaban J connectivity index is 1.81. The lowest BCUT2D eigenvalue weighted by Crippen LogP contribution is -2.13. The molecule has 2 N–H and O–H groups in total. The zero-order chi connectivity index (χ0) is 13.3. The summed E-state index contributed by atoms with van der Waals surface area (Å²) in [7, 11) is 0. The molecule has 0 atom stereocenters. The van der Waals surface area contributed by atoms with Crippen molar-refractivity contribution >= 4 is 5.69 Å². The van der Waals surface area contributed by atoms with Crippen LogP contribution in [0.5, 0.6) is 0 Å². The summed E-state index contributed by atoms with van der Waals surface area (Å²) in [5.74, 6) is 0.851. The Morgan fingerprint density at radius 3 is 2.63 bits per heavy atom. The summed E-state index contributed by atoms with van der Waals surface area (Å²) in [6.45, 7) is 1.39. The Labute approximate surface area is 117 Å². The number of benzene rings is 1. The van der Waals surface area contributed by atoms with Crippen molar-refractivity contribution in [3.8, 4) is 0 Å². The minimum atomic E-state index is 0.278. The van der Waals surface area contributed by atoms with E-state index in [-0.39, 0.29) is 6.61 Å². The first-order valence-electron chi connectivity index (χ1n) is 7.82. The molecule has 1 aliphatic carbocycles. The van der Waals surface area contributed by atoms with Crippen LogP contribution in [0, 0.1) is 5.92 Å². The van der Waals surface area contributed by atoms with Gasteiger partial charge in [0.2, 0.25) is 0 Å². The van der Waals surface area contributed by atoms with Crippen LogP contribution in [0.2, 0.25) is 0 Å². The highest BCUT2D eigenvalue weighted by Gasteiger charge is 2.11. The molecule has 19 heavy (non-hydrogen) atoms. The summed E-state index contributed by atoms with van der Waals surface area (Å²) in [4.78, 5) is 0. The molecule has 0 aliphatic heterocycles. The molecule has 2 heteroatoms. The quantitative estimate of drug-likeness (QED) is 0.759. The average molecular weight is 261 g/mol. The molecular weight excluding hydrogens is 234 g/mol. The number of rotatable bonds is 6. The van der Waals surface area contributed by atoms with Gasteiger partial charge >= 0.3 is 0 Å². The van der Waals surface area contributed by atoms with Gasteiger partial charge in [0.05, 0.1) is 0 Å². The molecule has 0 saturated heterocycles. The van der Waals surface area contributed by atoms with Gasteiger partial charge in [-0.2, -0.15) is 0 Å². The fourth-order valence-corrected chi connectivity index (χ4v) is 2.95. The topological polar surface area (TPSA) is 32.3 Å². The molecule has 1 aliphatic rings. The molecule has 0 radical (unpaired) electrons. The molecule has 1 fully saturated rings. The molecule has 106 valence electrons. The van der Waals surface area contributed by atoms with Crippen molar-refractivity contribution in [1.82, 2.24) is 0 Å². The molecule has 0 amide bonds. The first-order chi connectivity index (χ1) is 9.38. The highest BCUT2D eigenvalue weighted by Crippen LogP contribution is 2.23. The van der Waals surface area contributed by atoms with Crippen LogP contribution in [-0.4, -0.2) is 18.3 Å². The van der Waals surface area contributed by atoms with Gasteiger partial charge in [-0.25, -0.2) is 0 Å². The van der Waals surface area contributed by atoms with E-state index in [0.717, 1.165) is 25.3 Å². The van der Waals surface area contributed by atoms with Crippen molar-refractivity contribution in [2.75, 3.05) is 18.5 Å². The van der Waals surface area contributed by atoms with Crippen LogP contribution in [0.15, 0.2) is 24.3 Å². The molecule has 2 rings (SSSR count). The van der Waals surface area contributed by atoms with Crippen molar-refractivity contribution in [1.29, 1.82) is 0 Å². The Hall–Kier alpha value is -1.02. The first-order valence-corrected chi connectivity index (χ1v) is 7.82. The van der Waals surface area contributed by atoms with E-state index in [1.165, 1.54) is 49.8 Å². The van der Waals surface area contributed by atoms with E-state index in [1.54, 1.807) is 0 Å². The summed E-state index contributed by atoms with van der Waals surface area (Å²) < 4.78 is 0. The van der Waals surface area contributed by atoms with Crippen molar-refractivity contribution < 1.29 is 5.11 Å². The third-order valence-electron chi connectivity index (χ3n) is 4.12. The Morgan fingerprint density at radius 1 is 1.11 bits per heavy atom. The molecule has 1 aromatic rings. The van der Waals surface area contributed by atoms with Gasteiger partial charge in [-0.05, 0) is 49.3 Å². The molecule has 0 unspecified atom stereocenters. The van der Waals surface area contributed by atoms with Crippen molar-refractivity contribution in [2.45, 2.75) is 51.4 Å². The monoisotopic (exact) mass is 261 g/mol. The van der Waals surface area contributed by atoms with E-state index < -0.39 is 0 Å². The lowest BCUT2D eigenvalue weighted by molar-refractivity contribution is 0.288. The molecule has 1 aromatic carbocycles. The minimum Gasteiger partial charge on any atom is -0.396 e. The van der Waals surface area contributed by atoms with Gasteiger partial charge in [0.15, 0.2) is 0 Å². The second kappa shape index (κ2) is 8.21. The van der Waals surface area contributed by atoms with Gasteiger partial charge in [0.25, 0.3) is 0 Å². The average Bonchev–Trinajstić information content (AvgIpc) is 2.72. The summed E-state index contributed by atoms with van der Waals surface area (Å²) >= 11 is 0. The van der Waals surface area contributed by atoms with Crippen LogP contribution >= 0.6 is 0 Å². The van der Waals surface area contributed by atoms with Gasteiger partial charge in [-0.15, -0.1) is 0 Å². The number of aryl methyl sites for hydroxylation is 1. The van der Waals surface area contributed by atoms with Crippen LogP contribution in [0.4, 0.5) is 5.69 Å². The van der Waals surface area contributed by atoms with E-state index in [1.807, 2.05) is 0 Å². The van der Waals surface area contributed by atoms with Crippen LogP contribution in [0.1, 0.15) is 50.5 Å². The van der Waals surface area contributed by atoms with Crippen molar-refractivity contribution in [3.05, 3.63) is 29.8 Å². The van der Waals surface area contributed by atoms with Crippen LogP contribution in [0.3, 0.4) is 0 Å². The third kappa shape index (κ3) is 5.23. The largest absolute Gasteiger partial charge is 0.396 e. The van der Waals surface area contributed by atoms with E-state index in [4.69, 9.17) is 5.11 Å². The maximum Gasteiger partial charge on any atom is 0.0434 e. The van der Waals surface area contributed by atoms with Crippen LogP contribution < -0.4 is 5.32 Å². The van der Waals surface area contributed by atoms with Gasteiger partial charge in [0, 0.05) is 18.8 Å². The predicted octanol–water partition coefficient (Wildman–Crippen LogP) is 3.99. The van der Waals surface area contributed by atoms with E-state index in [2.05, 4.69) is 29.6 Å². The van der Waals surface area contributed by atoms with Crippen LogP contribution in [-0.2, 0) is 6.42 Å². The zero-order valence-corrected chi connectivity index (χ0v) is 11.9. The number of hydrogen-bond donors (Lipinski definition) is 2. The number of aliphatic hydroxyl groups excluding tert-OH is 1. The van der Waals surface area contributed by atoms with Gasteiger partial charge in [0.1, 0.15) is 0 Å². The molecule has 0 spiro atoms. The Morgan fingerprint density at radius 2 is 1.89 bits per heavy atom. The van der Waals surface area contributed by atoms with Gasteiger partial charge in [-0.1, -0.05) is 37.8 Å². The summed E-state index contributed by atoms with van der Waals surface area (Å²) in [6, 6.07) is 8.64. The zero-order valence-electron chi connectivity index (χ0n) is 11.9. The fraction of sp³-hybridized carbons (Fsp3) is 0.647. The van der Waals surface area contributed by atoms with Crippen LogP contribution in [0.25, 0.3) is 0 Å². The molecular formula is C17H27NO. The smallest absolute Gasteiger partial charge is 0.0434 e. The Kier molecular flexibility index (Phi) is 6.22. The lowest BCUT2D eigenvalue weighted by Gasteiger charge is -2.16. The predicted molar refractivity (Wildman–Crippen MR) is 81.5 cm³/mol. The second-order valence-electron chi connectivity index (χ2n) is 5.77. The molecule has 1 saturated carbocycles. The number of nitrogens with one attached hydrogen (secondary N) is 1. The van der Waals surface area contributed by atoms with E-state index in [0.29, 0.717) is 0 Å². The highest BCUT2D eigenvalue weighted by atomic mass is 16.2. The SMILES string of the molecule is OCCCc1cccc(NCC2CCCCCC2)c1. The number of aliphatic hydroxyl groups is 1. The lowest BCUT2D eigenvalue weighted by atomic mass is 10.0. The standard InChI is InChI=1S/C17H27NO/c19-12-6-10-15-9-5-11-17(13-15)18-14-16-7-3-1-2-4-8-16/h5,9,11,13,16,18-19H,1-4,6-8,10,12,14H2. The maximum absolute atomic E-state index is 8.88. The van der Waals surface area contributed by atoms with Gasteiger partial charge < -0.3 is 10.4 Å². The van der Waals surface area contributed by atoms with Gasteiger partial charge in [-0.3, -0.25) is 0 Å². The highest BCUT2D eigenvalue weighted by molar-refractivity contribution is 5.45. The number of hydrogen-bond acceptors (Lipinski definition) is 2. The summed E-state index contributed by atoms with van der Waals surface area (Å²) in [6.07, 6.45) is 10.3. The molecule has 2 nitrogen and oxygen atoms in total. The minimum absolute atomic E-state index is 0.278. The summed E-state index contributed by atoms with van der Waals surface area (Å²) in [5.41, 5.74) is 2.56. The Bertz CT molecular complexity index is 356. The second-order valence-corrected chi connectivity index (χ2v) is 5.77. The normalized spacial score (nSPS) is 17.1. The molecule has 0 aromatic heterocycles. The molecule has 0 heterocycles. The molecule has 0 bridgehead atoms. The fourth-order valence-electron chi connectivity index (χ4n) is 2.95. The number of anilines is 1. The van der Waals surface area contributed by atoms with E-state index >= 15 is 0 Å². The first kappa shape index (κ1) is 14.4. The summed E-state index contributed by atoms with van der Waals surface area (Å²) in [5, 5.41) is 12.5. The van der Waals surface area contributed by atoms with E-state index in [9.17, 15) is 0 Å². The maximum atomic E-state index is 8.88.